The molecule has 0 radical (unpaired) electrons. The third-order valence-electron chi connectivity index (χ3n) is 2.73. The zero-order valence-electron chi connectivity index (χ0n) is 11.8. The number of aromatic amines is 2. The molecule has 1 heterocycles. The lowest BCUT2D eigenvalue weighted by molar-refractivity contribution is 0.102. The van der Waals surface area contributed by atoms with Crippen LogP contribution in [0.4, 0.5) is 0 Å². The second kappa shape index (κ2) is 6.94. The fraction of sp³-hybridized carbons (Fsp3) is 0.231. The van der Waals surface area contributed by atoms with Crippen LogP contribution in [0.1, 0.15) is 10.4 Å². The van der Waals surface area contributed by atoms with Gasteiger partial charge in [0.2, 0.25) is 0 Å². The normalized spacial score (nSPS) is 10.3. The molecule has 0 bridgehead atoms. The maximum Gasteiger partial charge on any atom is 0.342 e. The number of rotatable bonds is 6. The van der Waals surface area contributed by atoms with Gasteiger partial charge in [-0.3, -0.25) is 14.6 Å². The monoisotopic (exact) mass is 323 g/mol. The van der Waals surface area contributed by atoms with Gasteiger partial charge in [-0.15, -0.1) is 0 Å². The molecule has 0 aliphatic rings. The molecule has 22 heavy (non-hydrogen) atoms. The first kappa shape index (κ1) is 15.8. The number of hydrogen-bond donors (Lipinski definition) is 2. The van der Waals surface area contributed by atoms with Crippen molar-refractivity contribution in [2.75, 3.05) is 20.0 Å². The summed E-state index contributed by atoms with van der Waals surface area (Å²) in [5.41, 5.74) is -0.902. The van der Waals surface area contributed by atoms with E-state index in [-0.39, 0.29) is 16.6 Å². The molecule has 0 fully saturated rings. The van der Waals surface area contributed by atoms with Gasteiger partial charge in [0, 0.05) is 5.56 Å². The van der Waals surface area contributed by atoms with E-state index in [2.05, 4.69) is 10.2 Å². The van der Waals surface area contributed by atoms with Crippen LogP contribution < -0.4 is 20.7 Å². The third kappa shape index (κ3) is 3.55. The number of methoxy groups -OCH3 is 2. The fourth-order valence-electron chi connectivity index (χ4n) is 1.66. The summed E-state index contributed by atoms with van der Waals surface area (Å²) in [4.78, 5) is 36.5. The van der Waals surface area contributed by atoms with E-state index in [4.69, 9.17) is 9.47 Å². The van der Waals surface area contributed by atoms with Crippen molar-refractivity contribution >= 4 is 17.5 Å². The maximum absolute atomic E-state index is 12.1. The number of carbonyl (C=O) groups is 1. The Balaban J connectivity index is 2.12. The summed E-state index contributed by atoms with van der Waals surface area (Å²) in [5, 5.41) is 5.72. The molecule has 2 aromatic rings. The summed E-state index contributed by atoms with van der Waals surface area (Å²) >= 11 is 0.935. The van der Waals surface area contributed by atoms with E-state index < -0.39 is 11.2 Å². The van der Waals surface area contributed by atoms with Crippen molar-refractivity contribution in [3.63, 3.8) is 0 Å². The SMILES string of the molecule is COc1ccc(C(=O)CSc2n[nH]c(=O)[nH]c2=O)cc1OC. The van der Waals surface area contributed by atoms with Gasteiger partial charge in [-0.05, 0) is 18.2 Å². The summed E-state index contributed by atoms with van der Waals surface area (Å²) in [7, 11) is 2.98. The Morgan fingerprint density at radius 2 is 1.95 bits per heavy atom. The molecule has 116 valence electrons. The molecule has 0 saturated heterocycles. The predicted molar refractivity (Wildman–Crippen MR) is 80.1 cm³/mol. The van der Waals surface area contributed by atoms with Crippen LogP contribution in [0.3, 0.4) is 0 Å². The van der Waals surface area contributed by atoms with Crippen molar-refractivity contribution < 1.29 is 14.3 Å². The van der Waals surface area contributed by atoms with Gasteiger partial charge in [0.25, 0.3) is 5.56 Å². The maximum atomic E-state index is 12.1. The average Bonchev–Trinajstić information content (AvgIpc) is 2.53. The van der Waals surface area contributed by atoms with E-state index in [1.165, 1.54) is 14.2 Å². The lowest BCUT2D eigenvalue weighted by Gasteiger charge is -2.08. The number of nitrogens with one attached hydrogen (secondary N) is 2. The van der Waals surface area contributed by atoms with Crippen molar-refractivity contribution in [1.82, 2.24) is 15.2 Å². The summed E-state index contributed by atoms with van der Waals surface area (Å²) in [6.07, 6.45) is 0. The van der Waals surface area contributed by atoms with Crippen LogP contribution in [0.15, 0.2) is 32.8 Å². The molecular formula is C13H13N3O5S. The fourth-order valence-corrected chi connectivity index (χ4v) is 2.39. The van der Waals surface area contributed by atoms with Crippen LogP contribution in [-0.2, 0) is 0 Å². The molecule has 1 aromatic heterocycles. The Morgan fingerprint density at radius 3 is 2.59 bits per heavy atom. The minimum absolute atomic E-state index is 0.00237. The van der Waals surface area contributed by atoms with E-state index in [1.807, 2.05) is 4.98 Å². The quantitative estimate of drug-likeness (QED) is 0.586. The summed E-state index contributed by atoms with van der Waals surface area (Å²) in [5.74, 6) is 0.750. The van der Waals surface area contributed by atoms with Gasteiger partial charge in [0.05, 0.1) is 20.0 Å². The second-order valence-corrected chi connectivity index (χ2v) is 5.06. The minimum Gasteiger partial charge on any atom is -0.493 e. The lowest BCUT2D eigenvalue weighted by atomic mass is 10.1. The Labute approximate surface area is 128 Å². The highest BCUT2D eigenvalue weighted by atomic mass is 32.2. The number of H-pyrrole nitrogens is 2. The number of Topliss-reactive ketones (excluding diaryl/α,β-unsaturated/α-hetero) is 1. The van der Waals surface area contributed by atoms with Crippen LogP contribution in [0, 0.1) is 0 Å². The van der Waals surface area contributed by atoms with Crippen molar-refractivity contribution in [3.05, 3.63) is 44.6 Å². The molecule has 0 atom stereocenters. The Kier molecular flexibility index (Phi) is 4.99. The number of hydrogen-bond acceptors (Lipinski definition) is 7. The molecule has 2 N–H and O–H groups in total. The standard InChI is InChI=1S/C13H13N3O5S/c1-20-9-4-3-7(5-10(9)21-2)8(17)6-22-12-11(18)14-13(19)16-15-12/h3-5H,6H2,1-2H3,(H2,14,16,18,19). The summed E-state index contributed by atoms with van der Waals surface area (Å²) in [6, 6.07) is 4.79. The number of ether oxygens (including phenoxy) is 2. The Bertz CT molecular complexity index is 799. The van der Waals surface area contributed by atoms with E-state index in [9.17, 15) is 14.4 Å². The van der Waals surface area contributed by atoms with Gasteiger partial charge in [0.1, 0.15) is 0 Å². The van der Waals surface area contributed by atoms with Gasteiger partial charge in [-0.2, -0.15) is 5.10 Å². The van der Waals surface area contributed by atoms with Crippen molar-refractivity contribution in [1.29, 1.82) is 0 Å². The largest absolute Gasteiger partial charge is 0.493 e. The molecule has 9 heteroatoms. The zero-order chi connectivity index (χ0) is 16.1. The van der Waals surface area contributed by atoms with Crippen molar-refractivity contribution in [3.8, 4) is 11.5 Å². The highest BCUT2D eigenvalue weighted by molar-refractivity contribution is 7.99. The Morgan fingerprint density at radius 1 is 1.23 bits per heavy atom. The first-order valence-corrected chi connectivity index (χ1v) is 7.10. The average molecular weight is 323 g/mol. The second-order valence-electron chi connectivity index (χ2n) is 4.09. The molecule has 1 aromatic carbocycles. The molecule has 0 amide bonds. The number of aromatic nitrogens is 3. The first-order chi connectivity index (χ1) is 10.5. The molecule has 0 spiro atoms. The number of carbonyl (C=O) groups excluding carboxylic acids is 1. The van der Waals surface area contributed by atoms with E-state index in [1.54, 1.807) is 18.2 Å². The van der Waals surface area contributed by atoms with Crippen LogP contribution in [0.5, 0.6) is 11.5 Å². The molecular weight excluding hydrogens is 310 g/mol. The minimum atomic E-state index is -0.694. The molecule has 0 aliphatic heterocycles. The highest BCUT2D eigenvalue weighted by Gasteiger charge is 2.13. The van der Waals surface area contributed by atoms with E-state index >= 15 is 0 Å². The van der Waals surface area contributed by atoms with Crippen LogP contribution in [-0.4, -0.2) is 40.9 Å². The zero-order valence-corrected chi connectivity index (χ0v) is 12.7. The van der Waals surface area contributed by atoms with Crippen molar-refractivity contribution in [2.45, 2.75) is 5.03 Å². The lowest BCUT2D eigenvalue weighted by Crippen LogP contribution is -2.25. The van der Waals surface area contributed by atoms with Gasteiger partial charge in [-0.25, -0.2) is 9.89 Å². The number of benzene rings is 1. The van der Waals surface area contributed by atoms with Crippen LogP contribution >= 0.6 is 11.8 Å². The number of ketones is 1. The summed E-state index contributed by atoms with van der Waals surface area (Å²) < 4.78 is 10.2. The van der Waals surface area contributed by atoms with Gasteiger partial charge in [0.15, 0.2) is 22.3 Å². The van der Waals surface area contributed by atoms with Gasteiger partial charge < -0.3 is 9.47 Å². The highest BCUT2D eigenvalue weighted by Crippen LogP contribution is 2.28. The van der Waals surface area contributed by atoms with Crippen LogP contribution in [0.25, 0.3) is 0 Å². The Hall–Kier alpha value is -2.55. The number of thioether (sulfide) groups is 1. The van der Waals surface area contributed by atoms with Gasteiger partial charge in [-0.1, -0.05) is 11.8 Å². The molecule has 0 saturated carbocycles. The van der Waals surface area contributed by atoms with Crippen molar-refractivity contribution in [2.24, 2.45) is 0 Å². The molecule has 0 aliphatic carbocycles. The van der Waals surface area contributed by atoms with Gasteiger partial charge >= 0.3 is 5.69 Å². The molecule has 8 nitrogen and oxygen atoms in total. The van der Waals surface area contributed by atoms with Crippen LogP contribution in [0.2, 0.25) is 0 Å². The van der Waals surface area contributed by atoms with E-state index in [0.717, 1.165) is 11.8 Å². The first-order valence-electron chi connectivity index (χ1n) is 6.12. The summed E-state index contributed by atoms with van der Waals surface area (Å²) in [6.45, 7) is 0. The topological polar surface area (TPSA) is 114 Å². The number of nitrogens with zero attached hydrogens (tertiary/aromatic N) is 1. The van der Waals surface area contributed by atoms with E-state index in [0.29, 0.717) is 17.1 Å². The smallest absolute Gasteiger partial charge is 0.342 e. The third-order valence-corrected chi connectivity index (χ3v) is 3.68. The predicted octanol–water partition coefficient (Wildman–Crippen LogP) is 0.450. The molecule has 2 rings (SSSR count). The molecule has 0 unspecified atom stereocenters.